The maximum atomic E-state index is 13.0. The van der Waals surface area contributed by atoms with Crippen molar-refractivity contribution < 1.29 is 13.2 Å². The molecular formula is C16H22N2O3S. The zero-order chi connectivity index (χ0) is 16.5. The average molecular weight is 322 g/mol. The average Bonchev–Trinajstić information content (AvgIpc) is 2.84. The Bertz CT molecular complexity index is 792. The topological polar surface area (TPSA) is 61.2 Å². The van der Waals surface area contributed by atoms with Crippen LogP contribution in [0.1, 0.15) is 36.5 Å². The van der Waals surface area contributed by atoms with Crippen LogP contribution < -0.4 is 4.74 Å². The molecule has 0 radical (unpaired) electrons. The van der Waals surface area contributed by atoms with Crippen molar-refractivity contribution >= 4 is 10.0 Å². The van der Waals surface area contributed by atoms with Gasteiger partial charge in [0.2, 0.25) is 0 Å². The molecule has 2 aromatic rings. The highest BCUT2D eigenvalue weighted by Crippen LogP contribution is 2.28. The first-order chi connectivity index (χ1) is 10.3. The molecule has 22 heavy (non-hydrogen) atoms. The molecule has 2 rings (SSSR count). The van der Waals surface area contributed by atoms with E-state index in [-0.39, 0.29) is 0 Å². The number of ether oxygens (including phenoxy) is 1. The molecule has 0 saturated carbocycles. The highest BCUT2D eigenvalue weighted by atomic mass is 32.2. The quantitative estimate of drug-likeness (QED) is 0.849. The van der Waals surface area contributed by atoms with Gasteiger partial charge in [0, 0.05) is 12.6 Å². The zero-order valence-corrected chi connectivity index (χ0v) is 14.5. The Labute approximate surface area is 132 Å². The van der Waals surface area contributed by atoms with E-state index in [9.17, 15) is 8.42 Å². The van der Waals surface area contributed by atoms with E-state index in [1.54, 1.807) is 32.2 Å². The molecule has 1 aromatic carbocycles. The van der Waals surface area contributed by atoms with Gasteiger partial charge >= 0.3 is 0 Å². The summed E-state index contributed by atoms with van der Waals surface area (Å²) < 4.78 is 32.7. The van der Waals surface area contributed by atoms with Gasteiger partial charge in [0.15, 0.2) is 0 Å². The van der Waals surface area contributed by atoms with Crippen LogP contribution in [-0.4, -0.2) is 24.0 Å². The standard InChI is InChI=1S/C16H22N2O3S/c1-6-16-17-13(5)10-18(16)22(19,20)15-9-11(3)14(21-7-2)8-12(15)4/h8-10H,6-7H2,1-5H3. The second kappa shape index (κ2) is 6.12. The van der Waals surface area contributed by atoms with Crippen LogP contribution in [0.4, 0.5) is 0 Å². The summed E-state index contributed by atoms with van der Waals surface area (Å²) in [6.45, 7) is 9.77. The summed E-state index contributed by atoms with van der Waals surface area (Å²) in [6, 6.07) is 3.45. The Morgan fingerprint density at radius 1 is 1.14 bits per heavy atom. The summed E-state index contributed by atoms with van der Waals surface area (Å²) in [5.41, 5.74) is 2.17. The third-order valence-electron chi connectivity index (χ3n) is 3.49. The SMILES string of the molecule is CCOc1cc(C)c(S(=O)(=O)n2cc(C)nc2CC)cc1C. The summed E-state index contributed by atoms with van der Waals surface area (Å²) in [4.78, 5) is 4.57. The summed E-state index contributed by atoms with van der Waals surface area (Å²) >= 11 is 0. The van der Waals surface area contributed by atoms with Crippen LogP contribution in [0.25, 0.3) is 0 Å². The number of imidazole rings is 1. The zero-order valence-electron chi connectivity index (χ0n) is 13.7. The van der Waals surface area contributed by atoms with Crippen LogP contribution in [-0.2, 0) is 16.4 Å². The van der Waals surface area contributed by atoms with Crippen LogP contribution >= 0.6 is 0 Å². The van der Waals surface area contributed by atoms with Crippen molar-refractivity contribution in [2.75, 3.05) is 6.61 Å². The first-order valence-corrected chi connectivity index (χ1v) is 8.79. The van der Waals surface area contributed by atoms with E-state index in [0.717, 1.165) is 11.3 Å². The van der Waals surface area contributed by atoms with Gasteiger partial charge in [-0.25, -0.2) is 17.4 Å². The molecule has 5 nitrogen and oxygen atoms in total. The van der Waals surface area contributed by atoms with Crippen molar-refractivity contribution in [3.63, 3.8) is 0 Å². The predicted molar refractivity (Wildman–Crippen MR) is 86.0 cm³/mol. The Morgan fingerprint density at radius 2 is 1.82 bits per heavy atom. The fourth-order valence-corrected chi connectivity index (χ4v) is 4.17. The smallest absolute Gasteiger partial charge is 0.269 e. The van der Waals surface area contributed by atoms with Gasteiger partial charge in [-0.05, 0) is 51.0 Å². The number of hydrogen-bond acceptors (Lipinski definition) is 4. The van der Waals surface area contributed by atoms with Gasteiger partial charge in [0.25, 0.3) is 10.0 Å². The van der Waals surface area contributed by atoms with Crippen molar-refractivity contribution in [2.45, 2.75) is 45.9 Å². The molecule has 0 atom stereocenters. The minimum atomic E-state index is -3.65. The molecular weight excluding hydrogens is 300 g/mol. The lowest BCUT2D eigenvalue weighted by Gasteiger charge is -2.14. The Hall–Kier alpha value is -1.82. The van der Waals surface area contributed by atoms with E-state index in [2.05, 4.69) is 4.98 Å². The predicted octanol–water partition coefficient (Wildman–Crippen LogP) is 3.01. The summed E-state index contributed by atoms with van der Waals surface area (Å²) in [5, 5.41) is 0. The largest absolute Gasteiger partial charge is 0.494 e. The Balaban J connectivity index is 2.61. The first kappa shape index (κ1) is 16.5. The maximum Gasteiger partial charge on any atom is 0.269 e. The van der Waals surface area contributed by atoms with Crippen LogP contribution in [0.15, 0.2) is 23.2 Å². The molecule has 0 N–H and O–H groups in total. The summed E-state index contributed by atoms with van der Waals surface area (Å²) in [5.74, 6) is 1.26. The molecule has 0 bridgehead atoms. The van der Waals surface area contributed by atoms with Gasteiger partial charge in [-0.1, -0.05) is 6.92 Å². The molecule has 0 unspecified atom stereocenters. The number of aryl methyl sites for hydroxylation is 4. The van der Waals surface area contributed by atoms with Gasteiger partial charge in [0.1, 0.15) is 11.6 Å². The van der Waals surface area contributed by atoms with Crippen molar-refractivity contribution in [1.29, 1.82) is 0 Å². The maximum absolute atomic E-state index is 13.0. The highest BCUT2D eigenvalue weighted by Gasteiger charge is 2.23. The van der Waals surface area contributed by atoms with E-state index in [4.69, 9.17) is 4.74 Å². The third kappa shape index (κ3) is 2.88. The highest BCUT2D eigenvalue weighted by molar-refractivity contribution is 7.90. The lowest BCUT2D eigenvalue weighted by atomic mass is 10.1. The Morgan fingerprint density at radius 3 is 2.41 bits per heavy atom. The lowest BCUT2D eigenvalue weighted by molar-refractivity contribution is 0.337. The number of nitrogens with zero attached hydrogens (tertiary/aromatic N) is 2. The molecule has 0 fully saturated rings. The number of aromatic nitrogens is 2. The fraction of sp³-hybridized carbons (Fsp3) is 0.438. The number of hydrogen-bond donors (Lipinski definition) is 0. The lowest BCUT2D eigenvalue weighted by Crippen LogP contribution is -2.16. The molecule has 120 valence electrons. The van der Waals surface area contributed by atoms with E-state index < -0.39 is 10.0 Å². The normalized spacial score (nSPS) is 11.7. The molecule has 0 aliphatic heterocycles. The van der Waals surface area contributed by atoms with Crippen molar-refractivity contribution in [1.82, 2.24) is 8.96 Å². The molecule has 1 heterocycles. The molecule has 0 aliphatic carbocycles. The molecule has 0 amide bonds. The van der Waals surface area contributed by atoms with E-state index in [1.807, 2.05) is 20.8 Å². The van der Waals surface area contributed by atoms with Crippen LogP contribution in [0, 0.1) is 20.8 Å². The van der Waals surface area contributed by atoms with Gasteiger partial charge in [-0.15, -0.1) is 0 Å². The molecule has 0 aliphatic rings. The molecule has 0 spiro atoms. The molecule has 0 saturated heterocycles. The first-order valence-electron chi connectivity index (χ1n) is 7.35. The minimum absolute atomic E-state index is 0.292. The van der Waals surface area contributed by atoms with Crippen molar-refractivity contribution in [3.8, 4) is 5.75 Å². The van der Waals surface area contributed by atoms with Gasteiger partial charge in [-0.2, -0.15) is 0 Å². The van der Waals surface area contributed by atoms with Crippen molar-refractivity contribution in [2.24, 2.45) is 0 Å². The molecule has 6 heteroatoms. The monoisotopic (exact) mass is 322 g/mol. The Kier molecular flexibility index (Phi) is 4.60. The third-order valence-corrected chi connectivity index (χ3v) is 5.32. The minimum Gasteiger partial charge on any atom is -0.494 e. The fourth-order valence-electron chi connectivity index (χ4n) is 2.43. The van der Waals surface area contributed by atoms with Crippen LogP contribution in [0.5, 0.6) is 5.75 Å². The van der Waals surface area contributed by atoms with Gasteiger partial charge < -0.3 is 4.74 Å². The van der Waals surface area contributed by atoms with E-state index in [1.165, 1.54) is 3.97 Å². The summed E-state index contributed by atoms with van der Waals surface area (Å²) in [7, 11) is -3.65. The van der Waals surface area contributed by atoms with E-state index in [0.29, 0.717) is 35.0 Å². The second-order valence-corrected chi connectivity index (χ2v) is 7.05. The second-order valence-electron chi connectivity index (χ2n) is 5.27. The number of benzene rings is 1. The van der Waals surface area contributed by atoms with Gasteiger partial charge in [-0.3, -0.25) is 0 Å². The van der Waals surface area contributed by atoms with Crippen molar-refractivity contribution in [3.05, 3.63) is 41.0 Å². The summed E-state index contributed by atoms with van der Waals surface area (Å²) in [6.07, 6.45) is 2.13. The van der Waals surface area contributed by atoms with E-state index >= 15 is 0 Å². The van der Waals surface area contributed by atoms with Crippen LogP contribution in [0.3, 0.4) is 0 Å². The number of rotatable bonds is 5. The van der Waals surface area contributed by atoms with Gasteiger partial charge in [0.05, 0.1) is 17.2 Å². The molecule has 1 aromatic heterocycles. The van der Waals surface area contributed by atoms with Crippen LogP contribution in [0.2, 0.25) is 0 Å².